The summed E-state index contributed by atoms with van der Waals surface area (Å²) in [6.45, 7) is 2.30. The van der Waals surface area contributed by atoms with Crippen molar-refractivity contribution in [3.8, 4) is 0 Å². The van der Waals surface area contributed by atoms with Crippen LogP contribution >= 0.6 is 0 Å². The molecular formula is C11H19N3. The number of rotatable bonds is 3. The lowest BCUT2D eigenvalue weighted by molar-refractivity contribution is 0.219. The maximum Gasteiger partial charge on any atom is 0.0534 e. The van der Waals surface area contributed by atoms with Crippen LogP contribution in [0.2, 0.25) is 0 Å². The number of aromatic amines is 1. The molecule has 0 spiro atoms. The van der Waals surface area contributed by atoms with Gasteiger partial charge in [-0.05, 0) is 51.7 Å². The van der Waals surface area contributed by atoms with E-state index in [0.29, 0.717) is 6.04 Å². The standard InChI is InChI=1S/C11H19N3/c1-14(2)11(9-5-7-12-8-9)10-4-3-6-13-10/h3-4,6,9,11-13H,5,7-8H2,1-2H3. The first-order chi connectivity index (χ1) is 6.79. The fourth-order valence-corrected chi connectivity index (χ4v) is 2.43. The first-order valence-electron chi connectivity index (χ1n) is 5.29. The largest absolute Gasteiger partial charge is 0.364 e. The summed E-state index contributed by atoms with van der Waals surface area (Å²) in [7, 11) is 4.31. The second kappa shape index (κ2) is 4.15. The molecule has 3 heteroatoms. The van der Waals surface area contributed by atoms with Crippen LogP contribution < -0.4 is 5.32 Å². The van der Waals surface area contributed by atoms with Crippen molar-refractivity contribution in [2.24, 2.45) is 5.92 Å². The zero-order valence-corrected chi connectivity index (χ0v) is 8.96. The van der Waals surface area contributed by atoms with E-state index in [1.807, 2.05) is 6.20 Å². The maximum absolute atomic E-state index is 3.43. The summed E-state index contributed by atoms with van der Waals surface area (Å²) in [6, 6.07) is 4.79. The molecular weight excluding hydrogens is 174 g/mol. The third-order valence-corrected chi connectivity index (χ3v) is 3.04. The first-order valence-corrected chi connectivity index (χ1v) is 5.29. The predicted molar refractivity (Wildman–Crippen MR) is 58.2 cm³/mol. The van der Waals surface area contributed by atoms with E-state index in [1.54, 1.807) is 0 Å². The highest BCUT2D eigenvalue weighted by Gasteiger charge is 2.28. The van der Waals surface area contributed by atoms with E-state index in [1.165, 1.54) is 12.1 Å². The van der Waals surface area contributed by atoms with Gasteiger partial charge in [0.15, 0.2) is 0 Å². The van der Waals surface area contributed by atoms with Crippen molar-refractivity contribution in [1.82, 2.24) is 15.2 Å². The molecule has 2 unspecified atom stereocenters. The molecule has 2 N–H and O–H groups in total. The minimum absolute atomic E-state index is 0.528. The Morgan fingerprint density at radius 3 is 2.86 bits per heavy atom. The lowest BCUT2D eigenvalue weighted by Crippen LogP contribution is -2.29. The van der Waals surface area contributed by atoms with Gasteiger partial charge in [-0.25, -0.2) is 0 Å². The Hall–Kier alpha value is -0.800. The number of nitrogens with one attached hydrogen (secondary N) is 2. The van der Waals surface area contributed by atoms with Gasteiger partial charge in [0.1, 0.15) is 0 Å². The monoisotopic (exact) mass is 193 g/mol. The van der Waals surface area contributed by atoms with Crippen molar-refractivity contribution < 1.29 is 0 Å². The van der Waals surface area contributed by atoms with Crippen LogP contribution in [-0.2, 0) is 0 Å². The molecule has 1 aliphatic heterocycles. The van der Waals surface area contributed by atoms with Gasteiger partial charge in [-0.2, -0.15) is 0 Å². The summed E-state index contributed by atoms with van der Waals surface area (Å²) in [5.74, 6) is 0.739. The number of H-pyrrole nitrogens is 1. The molecule has 2 atom stereocenters. The number of nitrogens with zero attached hydrogens (tertiary/aromatic N) is 1. The zero-order chi connectivity index (χ0) is 9.97. The van der Waals surface area contributed by atoms with Crippen molar-refractivity contribution in [1.29, 1.82) is 0 Å². The normalized spacial score (nSPS) is 24.4. The van der Waals surface area contributed by atoms with Gasteiger partial charge in [0.05, 0.1) is 6.04 Å². The van der Waals surface area contributed by atoms with Gasteiger partial charge < -0.3 is 15.2 Å². The Kier molecular flexibility index (Phi) is 2.89. The summed E-state index contributed by atoms with van der Waals surface area (Å²) in [4.78, 5) is 5.64. The Labute approximate surface area is 85.5 Å². The van der Waals surface area contributed by atoms with Crippen molar-refractivity contribution in [2.75, 3.05) is 27.2 Å². The molecule has 1 aliphatic rings. The summed E-state index contributed by atoms with van der Waals surface area (Å²) >= 11 is 0. The van der Waals surface area contributed by atoms with Crippen LogP contribution in [0.1, 0.15) is 18.2 Å². The summed E-state index contributed by atoms with van der Waals surface area (Å²) < 4.78 is 0. The number of hydrogen-bond donors (Lipinski definition) is 2. The van der Waals surface area contributed by atoms with E-state index in [0.717, 1.165) is 19.0 Å². The molecule has 3 nitrogen and oxygen atoms in total. The van der Waals surface area contributed by atoms with Gasteiger partial charge in [0.2, 0.25) is 0 Å². The van der Waals surface area contributed by atoms with Crippen LogP contribution in [0.25, 0.3) is 0 Å². The molecule has 1 aromatic rings. The zero-order valence-electron chi connectivity index (χ0n) is 8.96. The van der Waals surface area contributed by atoms with Crippen molar-refractivity contribution in [3.63, 3.8) is 0 Å². The Morgan fingerprint density at radius 2 is 2.36 bits per heavy atom. The molecule has 14 heavy (non-hydrogen) atoms. The van der Waals surface area contributed by atoms with E-state index >= 15 is 0 Å². The summed E-state index contributed by atoms with van der Waals surface area (Å²) in [6.07, 6.45) is 3.29. The lowest BCUT2D eigenvalue weighted by Gasteiger charge is -2.28. The highest BCUT2D eigenvalue weighted by atomic mass is 15.1. The van der Waals surface area contributed by atoms with Crippen molar-refractivity contribution >= 4 is 0 Å². The molecule has 0 bridgehead atoms. The van der Waals surface area contributed by atoms with Gasteiger partial charge in [-0.15, -0.1) is 0 Å². The third kappa shape index (κ3) is 1.83. The quantitative estimate of drug-likeness (QED) is 0.756. The fourth-order valence-electron chi connectivity index (χ4n) is 2.43. The molecule has 0 aromatic carbocycles. The van der Waals surface area contributed by atoms with Gasteiger partial charge in [-0.1, -0.05) is 0 Å². The average Bonchev–Trinajstić information content (AvgIpc) is 2.75. The molecule has 0 saturated carbocycles. The van der Waals surface area contributed by atoms with E-state index in [9.17, 15) is 0 Å². The lowest BCUT2D eigenvalue weighted by atomic mass is 9.95. The second-order valence-electron chi connectivity index (χ2n) is 4.29. The van der Waals surface area contributed by atoms with Crippen LogP contribution in [0.5, 0.6) is 0 Å². The molecule has 78 valence electrons. The Balaban J connectivity index is 2.15. The van der Waals surface area contributed by atoms with Gasteiger partial charge >= 0.3 is 0 Å². The summed E-state index contributed by atoms with van der Waals surface area (Å²) in [5.41, 5.74) is 1.34. The fraction of sp³-hybridized carbons (Fsp3) is 0.636. The SMILES string of the molecule is CN(C)C(c1ccc[nH]1)C1CCNC1. The molecule has 2 heterocycles. The van der Waals surface area contributed by atoms with Crippen LogP contribution in [0.3, 0.4) is 0 Å². The minimum Gasteiger partial charge on any atom is -0.364 e. The molecule has 0 aliphatic carbocycles. The highest BCUT2D eigenvalue weighted by molar-refractivity contribution is 5.11. The van der Waals surface area contributed by atoms with E-state index in [-0.39, 0.29) is 0 Å². The Bertz CT molecular complexity index is 260. The van der Waals surface area contributed by atoms with Gasteiger partial charge in [0, 0.05) is 11.9 Å². The maximum atomic E-state index is 3.43. The highest BCUT2D eigenvalue weighted by Crippen LogP contribution is 2.29. The molecule has 0 radical (unpaired) electrons. The number of aromatic nitrogens is 1. The van der Waals surface area contributed by atoms with Crippen LogP contribution in [0.4, 0.5) is 0 Å². The molecule has 0 amide bonds. The Morgan fingerprint density at radius 1 is 1.50 bits per heavy atom. The molecule has 1 fully saturated rings. The molecule has 1 aromatic heterocycles. The van der Waals surface area contributed by atoms with E-state index in [4.69, 9.17) is 0 Å². The van der Waals surface area contributed by atoms with Crippen molar-refractivity contribution in [3.05, 3.63) is 24.0 Å². The van der Waals surface area contributed by atoms with Crippen LogP contribution in [0.15, 0.2) is 18.3 Å². The summed E-state index contributed by atoms with van der Waals surface area (Å²) in [5, 5.41) is 3.43. The van der Waals surface area contributed by atoms with E-state index < -0.39 is 0 Å². The molecule has 1 saturated heterocycles. The third-order valence-electron chi connectivity index (χ3n) is 3.04. The predicted octanol–water partition coefficient (Wildman–Crippen LogP) is 1.23. The van der Waals surface area contributed by atoms with E-state index in [2.05, 4.69) is 41.4 Å². The topological polar surface area (TPSA) is 31.1 Å². The molecule has 2 rings (SSSR count). The van der Waals surface area contributed by atoms with Gasteiger partial charge in [0.25, 0.3) is 0 Å². The number of hydrogen-bond acceptors (Lipinski definition) is 2. The first kappa shape index (κ1) is 9.74. The van der Waals surface area contributed by atoms with Crippen LogP contribution in [-0.4, -0.2) is 37.1 Å². The van der Waals surface area contributed by atoms with Gasteiger partial charge in [-0.3, -0.25) is 0 Å². The second-order valence-corrected chi connectivity index (χ2v) is 4.29. The average molecular weight is 193 g/mol. The minimum atomic E-state index is 0.528. The van der Waals surface area contributed by atoms with Crippen molar-refractivity contribution in [2.45, 2.75) is 12.5 Å². The van der Waals surface area contributed by atoms with Crippen LogP contribution in [0, 0.1) is 5.92 Å². The smallest absolute Gasteiger partial charge is 0.0534 e.